The Morgan fingerprint density at radius 1 is 0.805 bits per heavy atom. The monoisotopic (exact) mass is 679 g/mol. The molecule has 0 aliphatic carbocycles. The molecule has 0 aliphatic rings. The van der Waals surface area contributed by atoms with E-state index in [1.165, 1.54) is 42.5 Å². The van der Waals surface area contributed by atoms with Crippen LogP contribution < -0.4 is 10.1 Å². The van der Waals surface area contributed by atoms with E-state index in [4.69, 9.17) is 11.6 Å². The van der Waals surface area contributed by atoms with Gasteiger partial charge in [-0.3, -0.25) is 9.59 Å². The smallest absolute Gasteiger partial charge is 0.405 e. The van der Waals surface area contributed by atoms with Crippen LogP contribution in [0.15, 0.2) is 65.1 Å². The lowest BCUT2D eigenvalue weighted by Gasteiger charge is -2.31. The van der Waals surface area contributed by atoms with E-state index in [2.05, 4.69) is 26.0 Å². The lowest BCUT2D eigenvalue weighted by atomic mass is 9.91. The second-order valence-corrected chi connectivity index (χ2v) is 9.57. The number of amides is 1. The van der Waals surface area contributed by atoms with Crippen LogP contribution in [0.3, 0.4) is 0 Å². The third-order valence-corrected chi connectivity index (χ3v) is 6.40. The summed E-state index contributed by atoms with van der Waals surface area (Å²) in [6.07, 6.45) is -19.9. The third kappa shape index (κ3) is 7.31. The Balaban J connectivity index is 1.99. The van der Waals surface area contributed by atoms with E-state index in [1.807, 2.05) is 0 Å². The summed E-state index contributed by atoms with van der Waals surface area (Å²) in [6, 6.07) is 10.2. The van der Waals surface area contributed by atoms with Crippen LogP contribution in [0.4, 0.5) is 49.6 Å². The molecule has 0 saturated heterocycles. The van der Waals surface area contributed by atoms with Crippen molar-refractivity contribution in [2.24, 2.45) is 0 Å². The van der Waals surface area contributed by atoms with Crippen molar-refractivity contribution in [2.45, 2.75) is 30.8 Å². The number of Topliss-reactive ketones (excluding diaryl/α,β-unsaturated/α-hetero) is 1. The molecule has 0 bridgehead atoms. The highest BCUT2D eigenvalue weighted by Gasteiger charge is 2.73. The molecule has 0 aromatic heterocycles. The van der Waals surface area contributed by atoms with E-state index >= 15 is 0 Å². The molecule has 0 saturated carbocycles. The largest absolute Gasteiger partial charge is 0.573 e. The van der Waals surface area contributed by atoms with E-state index < -0.39 is 69.9 Å². The van der Waals surface area contributed by atoms with E-state index in [9.17, 15) is 53.5 Å². The van der Waals surface area contributed by atoms with Gasteiger partial charge in [-0.1, -0.05) is 39.7 Å². The van der Waals surface area contributed by atoms with E-state index in [1.54, 1.807) is 0 Å². The SMILES string of the molecule is O=C(Cc1c(Br)cc(C(F)(C(F)(F)F)C(F)(F)F)cc1OC(F)(F)F)c1cccc(NC(=O)c2ccc(Cl)cc2)c1. The first kappa shape index (κ1) is 32.2. The molecule has 0 aliphatic heterocycles. The average Bonchev–Trinajstić information content (AvgIpc) is 2.83. The van der Waals surface area contributed by atoms with Gasteiger partial charge >= 0.3 is 24.4 Å². The number of hydrogen-bond acceptors (Lipinski definition) is 3. The van der Waals surface area contributed by atoms with Gasteiger partial charge in [0, 0.05) is 43.9 Å². The van der Waals surface area contributed by atoms with Crippen molar-refractivity contribution < 1.29 is 58.2 Å². The second-order valence-electron chi connectivity index (χ2n) is 8.28. The fourth-order valence-electron chi connectivity index (χ4n) is 3.52. The van der Waals surface area contributed by atoms with Crippen LogP contribution >= 0.6 is 27.5 Å². The predicted octanol–water partition coefficient (Wildman–Crippen LogP) is 8.97. The van der Waals surface area contributed by atoms with Crippen molar-refractivity contribution in [2.75, 3.05) is 5.32 Å². The lowest BCUT2D eigenvalue weighted by Crippen LogP contribution is -2.50. The van der Waals surface area contributed by atoms with Crippen LogP contribution in [0.1, 0.15) is 31.8 Å². The van der Waals surface area contributed by atoms with E-state index in [-0.39, 0.29) is 22.9 Å². The quantitative estimate of drug-likeness (QED) is 0.200. The van der Waals surface area contributed by atoms with Crippen LogP contribution in [0.2, 0.25) is 5.02 Å². The number of carbonyl (C=O) groups is 2. The Morgan fingerprint density at radius 2 is 1.39 bits per heavy atom. The fourth-order valence-corrected chi connectivity index (χ4v) is 4.23. The summed E-state index contributed by atoms with van der Waals surface area (Å²) in [5.74, 6) is -3.27. The summed E-state index contributed by atoms with van der Waals surface area (Å²) in [7, 11) is 0. The van der Waals surface area contributed by atoms with E-state index in [0.717, 1.165) is 6.07 Å². The summed E-state index contributed by atoms with van der Waals surface area (Å²) in [6.45, 7) is 0. The summed E-state index contributed by atoms with van der Waals surface area (Å²) >= 11 is 8.31. The van der Waals surface area contributed by atoms with Crippen molar-refractivity contribution in [1.82, 2.24) is 0 Å². The second kappa shape index (κ2) is 11.5. The molecule has 1 amide bonds. The summed E-state index contributed by atoms with van der Waals surface area (Å²) in [4.78, 5) is 25.3. The molecule has 16 heteroatoms. The zero-order chi connectivity index (χ0) is 31.0. The molecule has 220 valence electrons. The molecule has 3 aromatic rings. The van der Waals surface area contributed by atoms with Crippen molar-refractivity contribution in [1.29, 1.82) is 0 Å². The van der Waals surface area contributed by atoms with Gasteiger partial charge in [-0.05, 0) is 48.5 Å². The molecule has 0 atom stereocenters. The van der Waals surface area contributed by atoms with Gasteiger partial charge in [0.05, 0.1) is 0 Å². The Bertz CT molecular complexity index is 1440. The van der Waals surface area contributed by atoms with Gasteiger partial charge in [0.25, 0.3) is 5.91 Å². The number of ketones is 1. The highest BCUT2D eigenvalue weighted by molar-refractivity contribution is 9.10. The van der Waals surface area contributed by atoms with Crippen molar-refractivity contribution >= 4 is 44.9 Å². The number of ether oxygens (including phenoxy) is 1. The van der Waals surface area contributed by atoms with E-state index in [0.29, 0.717) is 5.02 Å². The first-order valence-electron chi connectivity index (χ1n) is 10.8. The fraction of sp³-hybridized carbons (Fsp3) is 0.200. The van der Waals surface area contributed by atoms with Crippen LogP contribution in [-0.2, 0) is 12.1 Å². The lowest BCUT2D eigenvalue weighted by molar-refractivity contribution is -0.348. The zero-order valence-corrected chi connectivity index (χ0v) is 22.1. The Labute approximate surface area is 237 Å². The van der Waals surface area contributed by atoms with Crippen LogP contribution in [0, 0.1) is 0 Å². The van der Waals surface area contributed by atoms with Gasteiger partial charge in [0.1, 0.15) is 5.75 Å². The first-order chi connectivity index (χ1) is 18.7. The number of rotatable bonds is 7. The maximum absolute atomic E-state index is 14.6. The molecule has 4 nitrogen and oxygen atoms in total. The van der Waals surface area contributed by atoms with Gasteiger partial charge in [-0.25, -0.2) is 4.39 Å². The Hall–Kier alpha value is -3.33. The molecule has 0 fully saturated rings. The molecule has 0 heterocycles. The van der Waals surface area contributed by atoms with Crippen molar-refractivity contribution in [3.05, 3.63) is 92.4 Å². The third-order valence-electron chi connectivity index (χ3n) is 5.45. The molecule has 41 heavy (non-hydrogen) atoms. The number of alkyl halides is 10. The molecule has 3 rings (SSSR count). The minimum atomic E-state index is -6.62. The first-order valence-corrected chi connectivity index (χ1v) is 12.0. The average molecular weight is 681 g/mol. The normalized spacial score (nSPS) is 12.7. The number of halogens is 12. The Kier molecular flexibility index (Phi) is 9.04. The molecule has 0 radical (unpaired) electrons. The van der Waals surface area contributed by atoms with Gasteiger partial charge in [0.15, 0.2) is 5.78 Å². The summed E-state index contributed by atoms with van der Waals surface area (Å²) < 4.78 is 136. The number of anilines is 1. The molecular weight excluding hydrogens is 668 g/mol. The van der Waals surface area contributed by atoms with Crippen molar-refractivity contribution in [3.8, 4) is 5.75 Å². The van der Waals surface area contributed by atoms with Gasteiger partial charge in [-0.2, -0.15) is 26.3 Å². The summed E-state index contributed by atoms with van der Waals surface area (Å²) in [5.41, 5.74) is -9.10. The molecule has 0 unspecified atom stereocenters. The van der Waals surface area contributed by atoms with Gasteiger partial charge in [0.2, 0.25) is 0 Å². The Morgan fingerprint density at radius 3 is 1.93 bits per heavy atom. The number of benzene rings is 3. The zero-order valence-electron chi connectivity index (χ0n) is 19.7. The van der Waals surface area contributed by atoms with Gasteiger partial charge < -0.3 is 10.1 Å². The van der Waals surface area contributed by atoms with Crippen LogP contribution in [0.25, 0.3) is 0 Å². The van der Waals surface area contributed by atoms with Crippen molar-refractivity contribution in [3.63, 3.8) is 0 Å². The topological polar surface area (TPSA) is 55.4 Å². The van der Waals surface area contributed by atoms with Crippen LogP contribution in [-0.4, -0.2) is 30.4 Å². The standard InChI is InChI=1S/C25H13BrClF10NO3/c26-18-9-14(22(28,23(29,30)31)24(32,33)34)10-20(41-25(35,36)37)17(18)11-19(39)13-2-1-3-16(8-13)38-21(40)12-4-6-15(27)7-5-12/h1-10H,11H2,(H,38,40). The molecule has 0 spiro atoms. The maximum atomic E-state index is 14.6. The molecular formula is C25H13BrClF10NO3. The maximum Gasteiger partial charge on any atom is 0.573 e. The molecule has 1 N–H and O–H groups in total. The predicted molar refractivity (Wildman–Crippen MR) is 130 cm³/mol. The number of hydrogen-bond donors (Lipinski definition) is 1. The number of carbonyl (C=O) groups excluding carboxylic acids is 2. The summed E-state index contributed by atoms with van der Waals surface area (Å²) in [5, 5.41) is 2.83. The minimum absolute atomic E-state index is 0.0322. The minimum Gasteiger partial charge on any atom is -0.405 e. The highest BCUT2D eigenvalue weighted by atomic mass is 79.9. The highest BCUT2D eigenvalue weighted by Crippen LogP contribution is 2.54. The van der Waals surface area contributed by atoms with Gasteiger partial charge in [-0.15, -0.1) is 13.2 Å². The molecule has 3 aromatic carbocycles. The van der Waals surface area contributed by atoms with Crippen LogP contribution in [0.5, 0.6) is 5.75 Å². The number of nitrogens with one attached hydrogen (secondary N) is 1.